The zero-order chi connectivity index (χ0) is 43.8. The van der Waals surface area contributed by atoms with Crippen LogP contribution in [0.15, 0.2) is 140 Å². The molecule has 1 saturated carbocycles. The Hall–Kier alpha value is -4.68. The van der Waals surface area contributed by atoms with E-state index in [9.17, 15) is 13.6 Å². The van der Waals surface area contributed by atoms with Crippen LogP contribution in [0.1, 0.15) is 115 Å². The molecule has 62 heavy (non-hydrogen) atoms. The van der Waals surface area contributed by atoms with Crippen LogP contribution < -0.4 is 0 Å². The fourth-order valence-electron chi connectivity index (χ4n) is 8.85. The predicted molar refractivity (Wildman–Crippen MR) is 268 cm³/mol. The average Bonchev–Trinajstić information content (AvgIpc) is 3.94. The van der Waals surface area contributed by atoms with Crippen LogP contribution in [-0.2, 0) is 17.6 Å². The lowest BCUT2D eigenvalue weighted by Gasteiger charge is -2.10. The molecule has 322 valence electrons. The molecule has 0 aliphatic heterocycles. The lowest BCUT2D eigenvalue weighted by atomic mass is 9.95. The average molecular weight is 941 g/mol. The largest absolute Gasteiger partial charge is 0.300 e. The summed E-state index contributed by atoms with van der Waals surface area (Å²) in [6.45, 7) is 8.80. The molecule has 8 rings (SSSR count). The fraction of sp³-hybridized carbons (Fsp3) is 0.328. The maximum Gasteiger partial charge on any atom is 0.133 e. The van der Waals surface area contributed by atoms with E-state index in [1.807, 2.05) is 48.5 Å². The van der Waals surface area contributed by atoms with E-state index in [0.717, 1.165) is 93.7 Å². The number of Topliss-reactive ketones (excluding diaryl/α,β-unsaturated/α-hetero) is 1. The van der Waals surface area contributed by atoms with Gasteiger partial charge >= 0.3 is 0 Å². The van der Waals surface area contributed by atoms with Gasteiger partial charge in [0.15, 0.2) is 0 Å². The zero-order valence-electron chi connectivity index (χ0n) is 37.2. The number of carbonyl (C=O) groups excluding carboxylic acids is 1. The number of benzene rings is 6. The maximum atomic E-state index is 14.9. The summed E-state index contributed by atoms with van der Waals surface area (Å²) in [6.07, 6.45) is 17.1. The maximum absolute atomic E-state index is 14.9. The molecule has 1 nitrogen and oxygen atoms in total. The van der Waals surface area contributed by atoms with Crippen molar-refractivity contribution in [2.45, 2.75) is 111 Å². The zero-order valence-corrected chi connectivity index (χ0v) is 39.3. The molecular formula is C58H63F2IO. The van der Waals surface area contributed by atoms with Crippen molar-refractivity contribution in [2.24, 2.45) is 11.8 Å². The summed E-state index contributed by atoms with van der Waals surface area (Å²) >= 11 is 2.25. The summed E-state index contributed by atoms with van der Waals surface area (Å²) in [6, 6.07) is 44.3. The van der Waals surface area contributed by atoms with E-state index in [1.165, 1.54) is 60.8 Å². The summed E-state index contributed by atoms with van der Waals surface area (Å²) in [7, 11) is 0. The highest BCUT2D eigenvalue weighted by molar-refractivity contribution is 14.1. The van der Waals surface area contributed by atoms with Gasteiger partial charge in [0, 0.05) is 27.5 Å². The van der Waals surface area contributed by atoms with Crippen molar-refractivity contribution >= 4 is 33.9 Å². The first-order chi connectivity index (χ1) is 30.2. The van der Waals surface area contributed by atoms with Crippen molar-refractivity contribution in [1.82, 2.24) is 0 Å². The van der Waals surface area contributed by atoms with Crippen LogP contribution in [0, 0.1) is 27.0 Å². The lowest BCUT2D eigenvalue weighted by Crippen LogP contribution is -1.93. The highest BCUT2D eigenvalue weighted by Gasteiger charge is 2.20. The molecule has 0 spiro atoms. The molecule has 1 fully saturated rings. The minimum Gasteiger partial charge on any atom is -0.300 e. The number of carbonyl (C=O) groups is 1. The molecular weight excluding hydrogens is 878 g/mol. The van der Waals surface area contributed by atoms with Crippen molar-refractivity contribution in [2.75, 3.05) is 0 Å². The van der Waals surface area contributed by atoms with E-state index in [2.05, 4.69) is 129 Å². The van der Waals surface area contributed by atoms with Crippen molar-refractivity contribution in [3.8, 4) is 44.5 Å². The Morgan fingerprint density at radius 1 is 0.500 bits per heavy atom. The molecule has 2 unspecified atom stereocenters. The Bertz CT molecular complexity index is 2360. The first kappa shape index (κ1) is 46.8. The van der Waals surface area contributed by atoms with Crippen molar-refractivity contribution in [3.05, 3.63) is 171 Å². The van der Waals surface area contributed by atoms with Gasteiger partial charge in [0.05, 0.1) is 0 Å². The van der Waals surface area contributed by atoms with Crippen LogP contribution in [0.25, 0.3) is 50.1 Å². The van der Waals surface area contributed by atoms with E-state index in [4.69, 9.17) is 0 Å². The fourth-order valence-corrected chi connectivity index (χ4v) is 9.21. The summed E-state index contributed by atoms with van der Waals surface area (Å²) < 4.78 is 30.6. The van der Waals surface area contributed by atoms with Gasteiger partial charge in [-0.1, -0.05) is 181 Å². The number of ketones is 1. The molecule has 0 N–H and O–H groups in total. The monoisotopic (exact) mass is 940 g/mol. The second-order valence-electron chi connectivity index (χ2n) is 17.1. The van der Waals surface area contributed by atoms with Crippen LogP contribution in [0.2, 0.25) is 0 Å². The van der Waals surface area contributed by atoms with Crippen molar-refractivity contribution in [3.63, 3.8) is 0 Å². The Balaban J connectivity index is 0.000000176. The lowest BCUT2D eigenvalue weighted by molar-refractivity contribution is -0.117. The normalized spacial score (nSPS) is 15.7. The van der Waals surface area contributed by atoms with Gasteiger partial charge in [-0.15, -0.1) is 0 Å². The van der Waals surface area contributed by atoms with Crippen LogP contribution in [0.5, 0.6) is 0 Å². The molecule has 2 aliphatic carbocycles. The van der Waals surface area contributed by atoms with Gasteiger partial charge in [0.2, 0.25) is 0 Å². The Morgan fingerprint density at radius 3 is 1.37 bits per heavy atom. The van der Waals surface area contributed by atoms with Crippen molar-refractivity contribution in [1.29, 1.82) is 0 Å². The standard InChI is InChI=1S/C29H31F.C21H18FI.C8H14O/c1-3-5-21-7-10-23(11-8-21)27-17-18-28(29(30)20-27)25-15-13-24(14-16-25)26-12-9-22(19-26)6-4-2;1-2-3-15-4-6-16(7-5-15)18-10-13-20(21(22)14-18)17-8-11-19(23)12-9-17;1-2-3-7-4-5-8(9)6-7/h7-8,10-18,20,22H,3-6,9,19H2,1-2H3;4-14H,2-3H2,1H3;7H,2-6H2,1H3. The van der Waals surface area contributed by atoms with E-state index in [-0.39, 0.29) is 11.6 Å². The Labute approximate surface area is 384 Å². The number of hydrogen-bond donors (Lipinski definition) is 0. The third-order valence-electron chi connectivity index (χ3n) is 12.3. The summed E-state index contributed by atoms with van der Waals surface area (Å²) in [4.78, 5) is 10.7. The summed E-state index contributed by atoms with van der Waals surface area (Å²) in [5, 5.41) is 0. The van der Waals surface area contributed by atoms with Gasteiger partial charge < -0.3 is 0 Å². The van der Waals surface area contributed by atoms with Gasteiger partial charge in [0.1, 0.15) is 17.4 Å². The Morgan fingerprint density at radius 2 is 0.935 bits per heavy atom. The molecule has 0 amide bonds. The highest BCUT2D eigenvalue weighted by Crippen LogP contribution is 2.36. The van der Waals surface area contributed by atoms with Crippen molar-refractivity contribution < 1.29 is 13.6 Å². The van der Waals surface area contributed by atoms with Crippen LogP contribution in [-0.4, -0.2) is 5.78 Å². The molecule has 0 radical (unpaired) electrons. The summed E-state index contributed by atoms with van der Waals surface area (Å²) in [5.41, 5.74) is 12.5. The molecule has 0 aromatic heterocycles. The van der Waals surface area contributed by atoms with E-state index in [0.29, 0.717) is 16.9 Å². The minimum atomic E-state index is -0.179. The first-order valence-corrected chi connectivity index (χ1v) is 24.1. The third-order valence-corrected chi connectivity index (χ3v) is 13.0. The van der Waals surface area contributed by atoms with E-state index >= 15 is 0 Å². The Kier molecular flexibility index (Phi) is 17.9. The molecule has 6 aromatic carbocycles. The van der Waals surface area contributed by atoms with E-state index < -0.39 is 0 Å². The number of aryl methyl sites for hydroxylation is 2. The SMILES string of the molecule is CCCC1CCC(=O)C1.CCCc1ccc(-c2ccc(-c3ccc(C4=CCC(CCC)C4)cc3)c(F)c2)cc1.CCCc1ccc(-c2ccc(-c3ccc(I)cc3)c(F)c2)cc1. The highest BCUT2D eigenvalue weighted by atomic mass is 127. The second-order valence-corrected chi connectivity index (χ2v) is 18.4. The van der Waals surface area contributed by atoms with Gasteiger partial charge in [-0.05, 0) is 146 Å². The number of allylic oxidation sites excluding steroid dienone is 2. The predicted octanol–water partition coefficient (Wildman–Crippen LogP) is 17.6. The molecule has 0 heterocycles. The molecule has 0 saturated heterocycles. The quantitative estimate of drug-likeness (QED) is 0.105. The van der Waals surface area contributed by atoms with Crippen LogP contribution in [0.4, 0.5) is 8.78 Å². The molecule has 6 aromatic rings. The second kappa shape index (κ2) is 23.7. The molecule has 0 bridgehead atoms. The number of halogens is 3. The van der Waals surface area contributed by atoms with Gasteiger partial charge in [0.25, 0.3) is 0 Å². The molecule has 4 heteroatoms. The topological polar surface area (TPSA) is 17.1 Å². The summed E-state index contributed by atoms with van der Waals surface area (Å²) in [5.74, 6) is 1.67. The molecule has 2 atom stereocenters. The van der Waals surface area contributed by atoms with E-state index in [1.54, 1.807) is 12.1 Å². The first-order valence-electron chi connectivity index (χ1n) is 23.0. The number of hydrogen-bond acceptors (Lipinski definition) is 1. The third kappa shape index (κ3) is 13.2. The van der Waals surface area contributed by atoms with Gasteiger partial charge in [-0.2, -0.15) is 0 Å². The number of rotatable bonds is 13. The van der Waals surface area contributed by atoms with Gasteiger partial charge in [-0.25, -0.2) is 8.78 Å². The van der Waals surface area contributed by atoms with Crippen LogP contribution >= 0.6 is 22.6 Å². The smallest absolute Gasteiger partial charge is 0.133 e. The minimum absolute atomic E-state index is 0.166. The van der Waals surface area contributed by atoms with Crippen LogP contribution in [0.3, 0.4) is 0 Å². The molecule has 2 aliphatic rings. The van der Waals surface area contributed by atoms with Gasteiger partial charge in [-0.3, -0.25) is 4.79 Å².